The maximum Gasteiger partial charge on any atom is 0.233 e. The Bertz CT molecular complexity index is 647. The van der Waals surface area contributed by atoms with Crippen LogP contribution in [0.5, 0.6) is 0 Å². The normalized spacial score (nSPS) is 10.2. The molecule has 0 spiro atoms. The standard InChI is InChI=1S/C17H18N2O2S/c1-14-6-2-3-8-16(14)22-13-17(20)19(10-5-9-18)12-15-7-4-11-21-15/h2-4,6-8,11H,5,10,12-13H2,1H3. The molecule has 0 bridgehead atoms. The fraction of sp³-hybridized carbons (Fsp3) is 0.294. The molecule has 0 unspecified atom stereocenters. The maximum atomic E-state index is 12.4. The van der Waals surface area contributed by atoms with E-state index in [2.05, 4.69) is 6.07 Å². The highest BCUT2D eigenvalue weighted by Gasteiger charge is 2.15. The van der Waals surface area contributed by atoms with E-state index in [0.29, 0.717) is 25.3 Å². The average molecular weight is 314 g/mol. The fourth-order valence-corrected chi connectivity index (χ4v) is 2.95. The van der Waals surface area contributed by atoms with Crippen LogP contribution in [0.3, 0.4) is 0 Å². The Hall–Kier alpha value is -2.19. The van der Waals surface area contributed by atoms with E-state index in [1.165, 1.54) is 11.8 Å². The van der Waals surface area contributed by atoms with Crippen LogP contribution >= 0.6 is 11.8 Å². The van der Waals surface area contributed by atoms with Gasteiger partial charge in [0, 0.05) is 11.4 Å². The summed E-state index contributed by atoms with van der Waals surface area (Å²) in [7, 11) is 0. The molecule has 0 saturated carbocycles. The topological polar surface area (TPSA) is 57.2 Å². The highest BCUT2D eigenvalue weighted by molar-refractivity contribution is 8.00. The van der Waals surface area contributed by atoms with Gasteiger partial charge in [0.2, 0.25) is 5.91 Å². The zero-order chi connectivity index (χ0) is 15.8. The molecule has 22 heavy (non-hydrogen) atoms. The Kier molecular flexibility index (Phi) is 6.11. The van der Waals surface area contributed by atoms with Crippen molar-refractivity contribution in [1.29, 1.82) is 5.26 Å². The Morgan fingerprint density at radius 2 is 2.14 bits per heavy atom. The zero-order valence-corrected chi connectivity index (χ0v) is 13.3. The summed E-state index contributed by atoms with van der Waals surface area (Å²) in [5.74, 6) is 1.10. The van der Waals surface area contributed by atoms with Crippen molar-refractivity contribution in [1.82, 2.24) is 4.90 Å². The van der Waals surface area contributed by atoms with E-state index in [9.17, 15) is 4.79 Å². The van der Waals surface area contributed by atoms with Crippen molar-refractivity contribution < 1.29 is 9.21 Å². The van der Waals surface area contributed by atoms with Crippen LogP contribution in [0.25, 0.3) is 0 Å². The van der Waals surface area contributed by atoms with Gasteiger partial charge in [0.1, 0.15) is 5.76 Å². The largest absolute Gasteiger partial charge is 0.467 e. The molecule has 0 saturated heterocycles. The number of thioether (sulfide) groups is 1. The second-order valence-electron chi connectivity index (χ2n) is 4.86. The summed E-state index contributed by atoms with van der Waals surface area (Å²) in [4.78, 5) is 15.2. The van der Waals surface area contributed by atoms with Gasteiger partial charge in [-0.1, -0.05) is 18.2 Å². The summed E-state index contributed by atoms with van der Waals surface area (Å²) in [6.07, 6.45) is 1.91. The van der Waals surface area contributed by atoms with Crippen molar-refractivity contribution in [2.24, 2.45) is 0 Å². The Balaban J connectivity index is 1.96. The molecule has 2 rings (SSSR count). The fourth-order valence-electron chi connectivity index (χ4n) is 2.02. The summed E-state index contributed by atoms with van der Waals surface area (Å²) in [6, 6.07) is 13.7. The van der Waals surface area contributed by atoms with Crippen LogP contribution in [-0.2, 0) is 11.3 Å². The van der Waals surface area contributed by atoms with Crippen LogP contribution in [0.4, 0.5) is 0 Å². The van der Waals surface area contributed by atoms with Crippen molar-refractivity contribution in [3.8, 4) is 6.07 Å². The summed E-state index contributed by atoms with van der Waals surface area (Å²) in [6.45, 7) is 2.86. The van der Waals surface area contributed by atoms with Gasteiger partial charge in [-0.05, 0) is 30.7 Å². The molecule has 2 aromatic rings. The van der Waals surface area contributed by atoms with Crippen molar-refractivity contribution in [2.75, 3.05) is 12.3 Å². The number of hydrogen-bond donors (Lipinski definition) is 0. The summed E-state index contributed by atoms with van der Waals surface area (Å²) in [5, 5.41) is 8.75. The minimum atomic E-state index is 0.0138. The number of benzene rings is 1. The lowest BCUT2D eigenvalue weighted by molar-refractivity contribution is -0.129. The van der Waals surface area contributed by atoms with Gasteiger partial charge in [0.15, 0.2) is 0 Å². The molecular weight excluding hydrogens is 296 g/mol. The van der Waals surface area contributed by atoms with Gasteiger partial charge in [-0.3, -0.25) is 4.79 Å². The molecule has 1 aromatic carbocycles. The van der Waals surface area contributed by atoms with Gasteiger partial charge >= 0.3 is 0 Å². The molecule has 0 radical (unpaired) electrons. The number of nitriles is 1. The van der Waals surface area contributed by atoms with Crippen LogP contribution in [0.2, 0.25) is 0 Å². The molecule has 1 aromatic heterocycles. The van der Waals surface area contributed by atoms with E-state index in [0.717, 1.165) is 16.2 Å². The van der Waals surface area contributed by atoms with Gasteiger partial charge in [0.05, 0.1) is 31.1 Å². The lowest BCUT2D eigenvalue weighted by Gasteiger charge is -2.20. The van der Waals surface area contributed by atoms with E-state index < -0.39 is 0 Å². The molecule has 1 heterocycles. The average Bonchev–Trinajstić information content (AvgIpc) is 3.03. The van der Waals surface area contributed by atoms with Gasteiger partial charge in [0.25, 0.3) is 0 Å². The van der Waals surface area contributed by atoms with Crippen molar-refractivity contribution in [3.05, 3.63) is 54.0 Å². The number of carbonyl (C=O) groups excluding carboxylic acids is 1. The number of furan rings is 1. The van der Waals surface area contributed by atoms with Crippen LogP contribution in [0.1, 0.15) is 17.7 Å². The third-order valence-electron chi connectivity index (χ3n) is 3.22. The number of carbonyl (C=O) groups is 1. The Morgan fingerprint density at radius 3 is 2.82 bits per heavy atom. The monoisotopic (exact) mass is 314 g/mol. The number of aryl methyl sites for hydroxylation is 1. The Morgan fingerprint density at radius 1 is 1.32 bits per heavy atom. The minimum Gasteiger partial charge on any atom is -0.467 e. The van der Waals surface area contributed by atoms with Gasteiger partial charge in [-0.15, -0.1) is 11.8 Å². The third kappa shape index (κ3) is 4.68. The number of amides is 1. The van der Waals surface area contributed by atoms with Crippen LogP contribution in [-0.4, -0.2) is 23.1 Å². The summed E-state index contributed by atoms with van der Waals surface area (Å²) >= 11 is 1.52. The second-order valence-corrected chi connectivity index (χ2v) is 5.87. The quantitative estimate of drug-likeness (QED) is 0.732. The molecule has 1 amide bonds. The number of nitrogens with zero attached hydrogens (tertiary/aromatic N) is 2. The van der Waals surface area contributed by atoms with Crippen molar-refractivity contribution in [2.45, 2.75) is 24.8 Å². The molecule has 0 atom stereocenters. The molecule has 0 fully saturated rings. The molecule has 0 aliphatic rings. The lowest BCUT2D eigenvalue weighted by Crippen LogP contribution is -2.32. The van der Waals surface area contributed by atoms with Gasteiger partial charge in [-0.2, -0.15) is 5.26 Å². The predicted molar refractivity (Wildman–Crippen MR) is 86.3 cm³/mol. The molecule has 4 nitrogen and oxygen atoms in total. The number of hydrogen-bond acceptors (Lipinski definition) is 4. The highest BCUT2D eigenvalue weighted by Crippen LogP contribution is 2.22. The Labute approximate surface area is 134 Å². The lowest BCUT2D eigenvalue weighted by atomic mass is 10.2. The van der Waals surface area contributed by atoms with Crippen molar-refractivity contribution >= 4 is 17.7 Å². The molecule has 5 heteroatoms. The molecule has 0 aliphatic carbocycles. The minimum absolute atomic E-state index is 0.0138. The highest BCUT2D eigenvalue weighted by atomic mass is 32.2. The van der Waals surface area contributed by atoms with Gasteiger partial charge < -0.3 is 9.32 Å². The van der Waals surface area contributed by atoms with Crippen LogP contribution in [0, 0.1) is 18.3 Å². The van der Waals surface area contributed by atoms with E-state index in [1.54, 1.807) is 17.2 Å². The van der Waals surface area contributed by atoms with Crippen LogP contribution in [0.15, 0.2) is 52.0 Å². The predicted octanol–water partition coefficient (Wildman–Crippen LogP) is 3.62. The molecule has 0 N–H and O–H groups in total. The third-order valence-corrected chi connectivity index (χ3v) is 4.38. The first kappa shape index (κ1) is 16.2. The summed E-state index contributed by atoms with van der Waals surface area (Å²) in [5.41, 5.74) is 1.16. The van der Waals surface area contributed by atoms with Crippen molar-refractivity contribution in [3.63, 3.8) is 0 Å². The number of rotatable bonds is 7. The first-order chi connectivity index (χ1) is 10.7. The van der Waals surface area contributed by atoms with E-state index in [4.69, 9.17) is 9.68 Å². The van der Waals surface area contributed by atoms with Gasteiger partial charge in [-0.25, -0.2) is 0 Å². The van der Waals surface area contributed by atoms with Crippen LogP contribution < -0.4 is 0 Å². The molecular formula is C17H18N2O2S. The summed E-state index contributed by atoms with van der Waals surface area (Å²) < 4.78 is 5.29. The molecule has 0 aliphatic heterocycles. The first-order valence-corrected chi connectivity index (χ1v) is 8.05. The van der Waals surface area contributed by atoms with E-state index >= 15 is 0 Å². The smallest absolute Gasteiger partial charge is 0.233 e. The SMILES string of the molecule is Cc1ccccc1SCC(=O)N(CCC#N)Cc1ccco1. The maximum absolute atomic E-state index is 12.4. The zero-order valence-electron chi connectivity index (χ0n) is 12.5. The van der Waals surface area contributed by atoms with E-state index in [1.807, 2.05) is 37.3 Å². The van der Waals surface area contributed by atoms with E-state index in [-0.39, 0.29) is 5.91 Å². The first-order valence-electron chi connectivity index (χ1n) is 7.06. The second kappa shape index (κ2) is 8.30. The molecule has 114 valence electrons.